The molecule has 0 N–H and O–H groups in total. The molecule has 6 heteroatoms. The van der Waals surface area contributed by atoms with E-state index in [-0.39, 0.29) is 16.1 Å². The summed E-state index contributed by atoms with van der Waals surface area (Å²) in [6, 6.07) is 6.29. The maximum atomic E-state index is 10.7. The van der Waals surface area contributed by atoms with E-state index < -0.39 is 4.92 Å². The van der Waals surface area contributed by atoms with E-state index in [0.29, 0.717) is 0 Å². The maximum absolute atomic E-state index is 10.7. The lowest BCUT2D eigenvalue weighted by Gasteiger charge is -2.10. The van der Waals surface area contributed by atoms with Crippen LogP contribution in [-0.4, -0.2) is 9.67 Å². The molecule has 0 heterocycles. The predicted octanol–water partition coefficient (Wildman–Crippen LogP) is 4.13. The zero-order valence-corrected chi connectivity index (χ0v) is 10.2. The zero-order chi connectivity index (χ0) is 12.2. The van der Waals surface area contributed by atoms with Gasteiger partial charge in [-0.2, -0.15) is 0 Å². The fourth-order valence-electron chi connectivity index (χ4n) is 0.890. The molecule has 0 saturated heterocycles. The van der Waals surface area contributed by atoms with Gasteiger partial charge in [0.1, 0.15) is 0 Å². The molecule has 1 aromatic carbocycles. The summed E-state index contributed by atoms with van der Waals surface area (Å²) in [5, 5.41) is 14.5. The first kappa shape index (κ1) is 12.6. The minimum atomic E-state index is -0.462. The smallest absolute Gasteiger partial charge is 0.258 e. The Morgan fingerprint density at radius 1 is 1.31 bits per heavy atom. The lowest BCUT2D eigenvalue weighted by Crippen LogP contribution is -2.04. The Morgan fingerprint density at radius 3 is 2.50 bits per heavy atom. The third-order valence-corrected chi connectivity index (χ3v) is 2.25. The van der Waals surface area contributed by atoms with E-state index in [4.69, 9.17) is 0 Å². The van der Waals surface area contributed by atoms with Crippen molar-refractivity contribution in [2.75, 3.05) is 0 Å². The van der Waals surface area contributed by atoms with Gasteiger partial charge in [-0.1, -0.05) is 12.1 Å². The van der Waals surface area contributed by atoms with Gasteiger partial charge in [-0.25, -0.2) is 0 Å². The molecule has 0 bridgehead atoms. The monoisotopic (exact) mass is 239 g/mol. The SMILES string of the molecule is CC(C)(C)SN=Nc1ccccc1[N+](=O)[O-]. The lowest BCUT2D eigenvalue weighted by molar-refractivity contribution is -0.384. The molecule has 0 amide bonds. The fourth-order valence-corrected chi connectivity index (χ4v) is 1.26. The normalized spacial score (nSPS) is 11.9. The average Bonchev–Trinajstić information content (AvgIpc) is 2.16. The van der Waals surface area contributed by atoms with Gasteiger partial charge in [0.05, 0.1) is 4.92 Å². The van der Waals surface area contributed by atoms with Crippen molar-refractivity contribution in [3.63, 3.8) is 0 Å². The maximum Gasteiger partial charge on any atom is 0.296 e. The molecule has 0 aromatic heterocycles. The molecule has 16 heavy (non-hydrogen) atoms. The van der Waals surface area contributed by atoms with Crippen molar-refractivity contribution in [3.05, 3.63) is 34.4 Å². The molecule has 1 rings (SSSR count). The topological polar surface area (TPSA) is 67.9 Å². The summed E-state index contributed by atoms with van der Waals surface area (Å²) >= 11 is 1.28. The van der Waals surface area contributed by atoms with E-state index in [1.807, 2.05) is 20.8 Å². The summed E-state index contributed by atoms with van der Waals surface area (Å²) in [7, 11) is 0. The Hall–Kier alpha value is -1.43. The van der Waals surface area contributed by atoms with E-state index >= 15 is 0 Å². The number of hydrogen-bond acceptors (Lipinski definition) is 5. The van der Waals surface area contributed by atoms with Crippen molar-refractivity contribution in [2.24, 2.45) is 9.63 Å². The molecule has 0 unspecified atom stereocenters. The highest BCUT2D eigenvalue weighted by Crippen LogP contribution is 2.30. The third kappa shape index (κ3) is 3.98. The Balaban J connectivity index is 2.85. The molecule has 0 aliphatic rings. The van der Waals surface area contributed by atoms with Crippen LogP contribution in [0.15, 0.2) is 33.9 Å². The molecule has 0 atom stereocenters. The second-order valence-corrected chi connectivity index (χ2v) is 5.70. The number of rotatable bonds is 3. The van der Waals surface area contributed by atoms with E-state index in [2.05, 4.69) is 9.63 Å². The number of nitro groups is 1. The van der Waals surface area contributed by atoms with Crippen LogP contribution >= 0.6 is 11.9 Å². The van der Waals surface area contributed by atoms with Crippen LogP contribution in [0.5, 0.6) is 0 Å². The van der Waals surface area contributed by atoms with Crippen LogP contribution in [0.4, 0.5) is 11.4 Å². The second-order valence-electron chi connectivity index (χ2n) is 4.13. The second kappa shape index (κ2) is 5.07. The Labute approximate surface area is 98.2 Å². The first-order valence-electron chi connectivity index (χ1n) is 4.73. The van der Waals surface area contributed by atoms with Gasteiger partial charge in [0.15, 0.2) is 5.69 Å². The van der Waals surface area contributed by atoms with Gasteiger partial charge in [0.2, 0.25) is 0 Å². The highest BCUT2D eigenvalue weighted by molar-refractivity contribution is 7.99. The largest absolute Gasteiger partial charge is 0.296 e. The highest BCUT2D eigenvalue weighted by Gasteiger charge is 2.13. The quantitative estimate of drug-likeness (QED) is 0.345. The van der Waals surface area contributed by atoms with Crippen molar-refractivity contribution in [2.45, 2.75) is 25.5 Å². The summed E-state index contributed by atoms with van der Waals surface area (Å²) in [6.45, 7) is 5.99. The molecular formula is C10H13N3O2S. The number of nitrogens with zero attached hydrogens (tertiary/aromatic N) is 3. The zero-order valence-electron chi connectivity index (χ0n) is 9.38. The van der Waals surface area contributed by atoms with Gasteiger partial charge in [0.25, 0.3) is 5.69 Å². The van der Waals surface area contributed by atoms with Crippen molar-refractivity contribution < 1.29 is 4.92 Å². The molecule has 0 saturated carbocycles. The average molecular weight is 239 g/mol. The van der Waals surface area contributed by atoms with Crippen LogP contribution in [0.25, 0.3) is 0 Å². The standard InChI is InChI=1S/C10H13N3O2S/c1-10(2,3)16-12-11-8-6-4-5-7-9(8)13(14)15/h4-7H,1-3H3. The molecule has 1 aromatic rings. The molecule has 0 radical (unpaired) electrons. The number of nitro benzene ring substituents is 1. The predicted molar refractivity (Wildman–Crippen MR) is 65.0 cm³/mol. The van der Waals surface area contributed by atoms with Crippen LogP contribution < -0.4 is 0 Å². The summed E-state index contributed by atoms with van der Waals surface area (Å²) in [5.41, 5.74) is 0.255. The van der Waals surface area contributed by atoms with Crippen LogP contribution in [0.3, 0.4) is 0 Å². The first-order chi connectivity index (χ1) is 7.40. The Bertz CT molecular complexity index is 413. The third-order valence-electron chi connectivity index (χ3n) is 1.54. The number of para-hydroxylation sites is 1. The van der Waals surface area contributed by atoms with Crippen LogP contribution in [0.2, 0.25) is 0 Å². The lowest BCUT2D eigenvalue weighted by atomic mass is 10.3. The van der Waals surface area contributed by atoms with Gasteiger partial charge in [-0.15, -0.1) is 9.63 Å². The molecule has 86 valence electrons. The van der Waals surface area contributed by atoms with Gasteiger partial charge < -0.3 is 0 Å². The number of hydrogen-bond donors (Lipinski definition) is 0. The molecule has 0 spiro atoms. The van der Waals surface area contributed by atoms with Gasteiger partial charge in [-0.05, 0) is 26.8 Å². The Kier molecular flexibility index (Phi) is 4.00. The van der Waals surface area contributed by atoms with Crippen molar-refractivity contribution in [1.82, 2.24) is 0 Å². The van der Waals surface area contributed by atoms with E-state index in [1.54, 1.807) is 18.2 Å². The summed E-state index contributed by atoms with van der Waals surface area (Å²) < 4.78 is 3.84. The molecule has 0 aliphatic heterocycles. The van der Waals surface area contributed by atoms with Crippen molar-refractivity contribution >= 4 is 23.3 Å². The highest BCUT2D eigenvalue weighted by atomic mass is 32.2. The van der Waals surface area contributed by atoms with Gasteiger partial charge >= 0.3 is 0 Å². The van der Waals surface area contributed by atoms with Crippen LogP contribution in [0.1, 0.15) is 20.8 Å². The first-order valence-corrected chi connectivity index (χ1v) is 5.50. The van der Waals surface area contributed by atoms with Crippen molar-refractivity contribution in [3.8, 4) is 0 Å². The summed E-state index contributed by atoms with van der Waals surface area (Å²) in [6.07, 6.45) is 0. The fraction of sp³-hybridized carbons (Fsp3) is 0.400. The molecule has 5 nitrogen and oxygen atoms in total. The summed E-state index contributed by atoms with van der Waals surface area (Å²) in [5.74, 6) is 0. The summed E-state index contributed by atoms with van der Waals surface area (Å²) in [4.78, 5) is 10.2. The minimum Gasteiger partial charge on any atom is -0.258 e. The van der Waals surface area contributed by atoms with Crippen LogP contribution in [-0.2, 0) is 0 Å². The van der Waals surface area contributed by atoms with Gasteiger partial charge in [0, 0.05) is 22.8 Å². The van der Waals surface area contributed by atoms with Crippen LogP contribution in [0, 0.1) is 10.1 Å². The molecular weight excluding hydrogens is 226 g/mol. The molecule has 0 aliphatic carbocycles. The van der Waals surface area contributed by atoms with E-state index in [1.165, 1.54) is 18.0 Å². The number of benzene rings is 1. The minimum absolute atomic E-state index is 0.0271. The van der Waals surface area contributed by atoms with E-state index in [0.717, 1.165) is 0 Å². The van der Waals surface area contributed by atoms with Gasteiger partial charge in [-0.3, -0.25) is 10.1 Å². The molecule has 0 fully saturated rings. The van der Waals surface area contributed by atoms with E-state index in [9.17, 15) is 10.1 Å². The Morgan fingerprint density at radius 2 is 1.94 bits per heavy atom. The van der Waals surface area contributed by atoms with Crippen molar-refractivity contribution in [1.29, 1.82) is 0 Å².